The summed E-state index contributed by atoms with van der Waals surface area (Å²) in [4.78, 5) is 4.67. The summed E-state index contributed by atoms with van der Waals surface area (Å²) in [6.07, 6.45) is 6.51. The van der Waals surface area contributed by atoms with Crippen LogP contribution in [0, 0.1) is 0 Å². The van der Waals surface area contributed by atoms with E-state index in [0.717, 1.165) is 0 Å². The average molecular weight is 212 g/mol. The first-order valence-corrected chi connectivity index (χ1v) is 6.71. The van der Waals surface area contributed by atoms with Gasteiger partial charge in [-0.1, -0.05) is 18.7 Å². The van der Waals surface area contributed by atoms with Crippen LogP contribution < -0.4 is 5.32 Å². The van der Waals surface area contributed by atoms with Crippen molar-refractivity contribution in [3.63, 3.8) is 0 Å². The Hall–Kier alpha value is -0.180. The Morgan fingerprint density at radius 2 is 2.36 bits per heavy atom. The Morgan fingerprint density at radius 3 is 2.86 bits per heavy atom. The molecule has 0 saturated heterocycles. The fourth-order valence-corrected chi connectivity index (χ4v) is 3.29. The van der Waals surface area contributed by atoms with Gasteiger partial charge in [0.25, 0.3) is 0 Å². The summed E-state index contributed by atoms with van der Waals surface area (Å²) in [6, 6.07) is 0.521. The van der Waals surface area contributed by atoms with E-state index >= 15 is 0 Å². The molecular formula is C11H20N2S. The smallest absolute Gasteiger partial charge is 0.157 e. The molecule has 14 heavy (non-hydrogen) atoms. The van der Waals surface area contributed by atoms with Gasteiger partial charge in [-0.05, 0) is 39.0 Å². The van der Waals surface area contributed by atoms with Crippen molar-refractivity contribution in [3.8, 4) is 0 Å². The van der Waals surface area contributed by atoms with Crippen LogP contribution in [0.4, 0.5) is 0 Å². The van der Waals surface area contributed by atoms with Gasteiger partial charge in [-0.15, -0.1) is 0 Å². The highest BCUT2D eigenvalue weighted by atomic mass is 32.2. The van der Waals surface area contributed by atoms with Gasteiger partial charge in [0.15, 0.2) is 5.17 Å². The third kappa shape index (κ3) is 2.08. The maximum Gasteiger partial charge on any atom is 0.157 e. The van der Waals surface area contributed by atoms with Crippen molar-refractivity contribution in [2.24, 2.45) is 4.99 Å². The topological polar surface area (TPSA) is 24.4 Å². The van der Waals surface area contributed by atoms with Crippen molar-refractivity contribution in [2.75, 3.05) is 5.75 Å². The molecule has 0 bridgehead atoms. The first-order chi connectivity index (χ1) is 6.74. The zero-order valence-corrected chi connectivity index (χ0v) is 9.99. The molecule has 1 fully saturated rings. The third-order valence-electron chi connectivity index (χ3n) is 3.47. The molecule has 2 aliphatic rings. The first-order valence-electron chi connectivity index (χ1n) is 5.73. The van der Waals surface area contributed by atoms with Crippen LogP contribution in [0.5, 0.6) is 0 Å². The summed E-state index contributed by atoms with van der Waals surface area (Å²) in [5.74, 6) is 1.23. The molecule has 1 aliphatic heterocycles. The van der Waals surface area contributed by atoms with Crippen LogP contribution in [-0.2, 0) is 0 Å². The Bertz CT molecular complexity index is 228. The molecule has 0 amide bonds. The maximum absolute atomic E-state index is 4.67. The largest absolute Gasteiger partial charge is 0.360 e. The van der Waals surface area contributed by atoms with Crippen molar-refractivity contribution >= 4 is 16.9 Å². The van der Waals surface area contributed by atoms with E-state index in [1.165, 1.54) is 43.0 Å². The molecular weight excluding hydrogens is 192 g/mol. The van der Waals surface area contributed by atoms with Crippen LogP contribution in [0.15, 0.2) is 4.99 Å². The number of nitrogens with zero attached hydrogens (tertiary/aromatic N) is 1. The molecule has 1 unspecified atom stereocenters. The molecule has 3 heteroatoms. The Morgan fingerprint density at radius 1 is 1.57 bits per heavy atom. The second-order valence-electron chi connectivity index (χ2n) is 4.53. The van der Waals surface area contributed by atoms with E-state index in [0.29, 0.717) is 11.6 Å². The average Bonchev–Trinajstić information content (AvgIpc) is 2.11. The van der Waals surface area contributed by atoms with Gasteiger partial charge in [0.1, 0.15) is 0 Å². The SMILES string of the molecule is CCC1(NC2=NC(C)CCS2)CCC1. The highest BCUT2D eigenvalue weighted by Crippen LogP contribution is 2.35. The van der Waals surface area contributed by atoms with Crippen LogP contribution >= 0.6 is 11.8 Å². The van der Waals surface area contributed by atoms with Crippen molar-refractivity contribution < 1.29 is 0 Å². The molecule has 1 N–H and O–H groups in total. The fourth-order valence-electron chi connectivity index (χ4n) is 2.09. The van der Waals surface area contributed by atoms with Gasteiger partial charge in [0, 0.05) is 11.3 Å². The molecule has 0 spiro atoms. The molecule has 0 aromatic rings. The van der Waals surface area contributed by atoms with Crippen molar-refractivity contribution in [1.29, 1.82) is 0 Å². The number of nitrogens with one attached hydrogen (secondary N) is 1. The van der Waals surface area contributed by atoms with Crippen LogP contribution in [0.1, 0.15) is 46.0 Å². The lowest BCUT2D eigenvalue weighted by atomic mass is 9.75. The van der Waals surface area contributed by atoms with E-state index in [9.17, 15) is 0 Å². The highest BCUT2D eigenvalue weighted by Gasteiger charge is 2.36. The molecule has 80 valence electrons. The summed E-state index contributed by atoms with van der Waals surface area (Å²) in [7, 11) is 0. The predicted octanol–water partition coefficient (Wildman–Crippen LogP) is 2.79. The number of hydrogen-bond acceptors (Lipinski definition) is 3. The van der Waals surface area contributed by atoms with Crippen molar-refractivity contribution in [1.82, 2.24) is 5.32 Å². The monoisotopic (exact) mass is 212 g/mol. The van der Waals surface area contributed by atoms with Gasteiger partial charge in [-0.3, -0.25) is 4.99 Å². The van der Waals surface area contributed by atoms with E-state index < -0.39 is 0 Å². The molecule has 0 aromatic carbocycles. The molecule has 1 heterocycles. The molecule has 2 rings (SSSR count). The Balaban J connectivity index is 1.95. The van der Waals surface area contributed by atoms with E-state index in [-0.39, 0.29) is 0 Å². The summed E-state index contributed by atoms with van der Waals surface area (Å²) >= 11 is 1.90. The van der Waals surface area contributed by atoms with E-state index in [1.54, 1.807) is 0 Å². The molecule has 0 aromatic heterocycles. The third-order valence-corrected chi connectivity index (χ3v) is 4.39. The normalized spacial score (nSPS) is 30.4. The number of hydrogen-bond donors (Lipinski definition) is 1. The minimum Gasteiger partial charge on any atom is -0.360 e. The van der Waals surface area contributed by atoms with Gasteiger partial charge >= 0.3 is 0 Å². The first kappa shape index (κ1) is 10.3. The summed E-state index contributed by atoms with van der Waals surface area (Å²) in [6.45, 7) is 4.49. The number of amidine groups is 1. The molecule has 1 saturated carbocycles. The fraction of sp³-hybridized carbons (Fsp3) is 0.909. The maximum atomic E-state index is 4.67. The zero-order chi connectivity index (χ0) is 10.0. The molecule has 0 radical (unpaired) electrons. The van der Waals surface area contributed by atoms with Crippen LogP contribution in [-0.4, -0.2) is 22.5 Å². The summed E-state index contributed by atoms with van der Waals surface area (Å²) in [5.41, 5.74) is 0.406. The Kier molecular flexibility index (Phi) is 3.05. The van der Waals surface area contributed by atoms with Gasteiger partial charge in [-0.25, -0.2) is 0 Å². The standard InChI is InChI=1S/C11H20N2S/c1-3-11(6-4-7-11)13-10-12-9(2)5-8-14-10/h9H,3-8H2,1-2H3,(H,12,13). The van der Waals surface area contributed by atoms with Gasteiger partial charge in [0.2, 0.25) is 0 Å². The minimum atomic E-state index is 0.406. The number of aliphatic imine (C=N–C) groups is 1. The number of thioether (sulfide) groups is 1. The summed E-state index contributed by atoms with van der Waals surface area (Å²) in [5, 5.41) is 4.86. The molecule has 1 atom stereocenters. The molecule has 1 aliphatic carbocycles. The lowest BCUT2D eigenvalue weighted by Gasteiger charge is -2.43. The summed E-state index contributed by atoms with van der Waals surface area (Å²) < 4.78 is 0. The van der Waals surface area contributed by atoms with E-state index in [2.05, 4.69) is 24.2 Å². The lowest BCUT2D eigenvalue weighted by molar-refractivity contribution is 0.211. The second-order valence-corrected chi connectivity index (χ2v) is 5.62. The van der Waals surface area contributed by atoms with E-state index in [4.69, 9.17) is 0 Å². The van der Waals surface area contributed by atoms with Gasteiger partial charge in [0.05, 0.1) is 6.04 Å². The van der Waals surface area contributed by atoms with Crippen molar-refractivity contribution in [3.05, 3.63) is 0 Å². The molecule has 2 nitrogen and oxygen atoms in total. The Labute approximate surface area is 90.9 Å². The number of rotatable bonds is 2. The van der Waals surface area contributed by atoms with E-state index in [1.807, 2.05) is 11.8 Å². The zero-order valence-electron chi connectivity index (χ0n) is 9.18. The minimum absolute atomic E-state index is 0.406. The van der Waals surface area contributed by atoms with Crippen molar-refractivity contribution in [2.45, 2.75) is 57.5 Å². The quantitative estimate of drug-likeness (QED) is 0.761. The lowest BCUT2D eigenvalue weighted by Crippen LogP contribution is -2.52. The highest BCUT2D eigenvalue weighted by molar-refractivity contribution is 8.13. The predicted molar refractivity (Wildman–Crippen MR) is 64.0 cm³/mol. The van der Waals surface area contributed by atoms with Gasteiger partial charge < -0.3 is 5.32 Å². The van der Waals surface area contributed by atoms with Crippen LogP contribution in [0.25, 0.3) is 0 Å². The second kappa shape index (κ2) is 4.13. The van der Waals surface area contributed by atoms with Crippen LogP contribution in [0.2, 0.25) is 0 Å². The van der Waals surface area contributed by atoms with Gasteiger partial charge in [-0.2, -0.15) is 0 Å². The van der Waals surface area contributed by atoms with Crippen LogP contribution in [0.3, 0.4) is 0 Å².